The Kier molecular flexibility index (Phi) is 3.44. The van der Waals surface area contributed by atoms with Crippen molar-refractivity contribution in [3.05, 3.63) is 17.2 Å². The van der Waals surface area contributed by atoms with Crippen molar-refractivity contribution in [1.82, 2.24) is 9.55 Å². The number of hydrogen-bond donors (Lipinski definition) is 2. The number of nitrogens with zero attached hydrogens (tertiary/aromatic N) is 2. The molecule has 6 nitrogen and oxygen atoms in total. The van der Waals surface area contributed by atoms with E-state index in [0.717, 1.165) is 25.0 Å². The van der Waals surface area contributed by atoms with E-state index in [-0.39, 0.29) is 11.9 Å². The van der Waals surface area contributed by atoms with E-state index in [0.29, 0.717) is 18.9 Å². The van der Waals surface area contributed by atoms with Gasteiger partial charge < -0.3 is 20.1 Å². The van der Waals surface area contributed by atoms with Crippen LogP contribution in [-0.2, 0) is 17.6 Å². The number of carboxylic acid groups (broad SMARTS) is 1. The summed E-state index contributed by atoms with van der Waals surface area (Å²) >= 11 is 0. The molecule has 1 atom stereocenters. The highest BCUT2D eigenvalue weighted by molar-refractivity contribution is 5.87. The van der Waals surface area contributed by atoms with Gasteiger partial charge in [-0.15, -0.1) is 0 Å². The largest absolute Gasteiger partial charge is 0.476 e. The number of ether oxygens (including phenoxy) is 1. The molecular formula is C11H17N3O3. The third-order valence-corrected chi connectivity index (χ3v) is 3.06. The SMILES string of the molecule is COCCc1nc(C(=O)O)c2n1C(N)CCC2. The lowest BCUT2D eigenvalue weighted by molar-refractivity contribution is 0.0689. The van der Waals surface area contributed by atoms with Gasteiger partial charge in [0.05, 0.1) is 18.5 Å². The summed E-state index contributed by atoms with van der Waals surface area (Å²) in [5.74, 6) is -0.266. The molecule has 1 aromatic rings. The third-order valence-electron chi connectivity index (χ3n) is 3.06. The van der Waals surface area contributed by atoms with Crippen LogP contribution < -0.4 is 5.73 Å². The lowest BCUT2D eigenvalue weighted by atomic mass is 10.1. The van der Waals surface area contributed by atoms with Gasteiger partial charge in [-0.3, -0.25) is 0 Å². The van der Waals surface area contributed by atoms with Crippen molar-refractivity contribution in [3.63, 3.8) is 0 Å². The smallest absolute Gasteiger partial charge is 0.356 e. The van der Waals surface area contributed by atoms with Crippen LogP contribution in [0.2, 0.25) is 0 Å². The molecule has 1 unspecified atom stereocenters. The van der Waals surface area contributed by atoms with Gasteiger partial charge in [0.15, 0.2) is 5.69 Å². The number of nitrogens with two attached hydrogens (primary N) is 1. The van der Waals surface area contributed by atoms with Gasteiger partial charge in [-0.2, -0.15) is 0 Å². The monoisotopic (exact) mass is 239 g/mol. The van der Waals surface area contributed by atoms with Gasteiger partial charge in [0, 0.05) is 13.5 Å². The molecule has 17 heavy (non-hydrogen) atoms. The average Bonchev–Trinajstić information content (AvgIpc) is 2.67. The Morgan fingerprint density at radius 3 is 3.12 bits per heavy atom. The van der Waals surface area contributed by atoms with Gasteiger partial charge in [-0.1, -0.05) is 0 Å². The van der Waals surface area contributed by atoms with E-state index >= 15 is 0 Å². The second kappa shape index (κ2) is 4.85. The third kappa shape index (κ3) is 2.18. The minimum atomic E-state index is -0.980. The molecule has 3 N–H and O–H groups in total. The van der Waals surface area contributed by atoms with Crippen LogP contribution in [0, 0.1) is 0 Å². The van der Waals surface area contributed by atoms with Crippen LogP contribution in [0.4, 0.5) is 0 Å². The highest BCUT2D eigenvalue weighted by atomic mass is 16.5. The molecule has 0 bridgehead atoms. The Morgan fingerprint density at radius 1 is 1.71 bits per heavy atom. The van der Waals surface area contributed by atoms with Gasteiger partial charge in [-0.05, 0) is 19.3 Å². The van der Waals surface area contributed by atoms with Crippen molar-refractivity contribution in [2.75, 3.05) is 13.7 Å². The van der Waals surface area contributed by atoms with Crippen molar-refractivity contribution < 1.29 is 14.6 Å². The lowest BCUT2D eigenvalue weighted by Crippen LogP contribution is -2.27. The number of aromatic nitrogens is 2. The van der Waals surface area contributed by atoms with Crippen LogP contribution in [-0.4, -0.2) is 34.3 Å². The summed E-state index contributed by atoms with van der Waals surface area (Å²) in [5, 5.41) is 9.12. The molecule has 0 spiro atoms. The minimum absolute atomic E-state index is 0.145. The number of imidazole rings is 1. The van der Waals surface area contributed by atoms with Crippen LogP contribution in [0.5, 0.6) is 0 Å². The molecule has 2 rings (SSSR count). The summed E-state index contributed by atoms with van der Waals surface area (Å²) in [6.07, 6.45) is 2.94. The number of methoxy groups -OCH3 is 1. The quantitative estimate of drug-likeness (QED) is 0.801. The second-order valence-corrected chi connectivity index (χ2v) is 4.20. The summed E-state index contributed by atoms with van der Waals surface area (Å²) < 4.78 is 6.87. The fourth-order valence-corrected chi connectivity index (χ4v) is 2.30. The summed E-state index contributed by atoms with van der Waals surface area (Å²) in [7, 11) is 1.61. The maximum atomic E-state index is 11.1. The number of hydrogen-bond acceptors (Lipinski definition) is 4. The first-order valence-corrected chi connectivity index (χ1v) is 5.73. The summed E-state index contributed by atoms with van der Waals surface area (Å²) in [4.78, 5) is 15.3. The van der Waals surface area contributed by atoms with Gasteiger partial charge in [0.2, 0.25) is 0 Å². The zero-order valence-electron chi connectivity index (χ0n) is 9.85. The molecule has 0 fully saturated rings. The highest BCUT2D eigenvalue weighted by Crippen LogP contribution is 2.26. The van der Waals surface area contributed by atoms with E-state index in [1.54, 1.807) is 7.11 Å². The van der Waals surface area contributed by atoms with E-state index < -0.39 is 5.97 Å². The minimum Gasteiger partial charge on any atom is -0.476 e. The standard InChI is InChI=1S/C11H17N3O3/c1-17-6-5-9-13-10(11(15)16)7-3-2-4-8(12)14(7)9/h8H,2-6,12H2,1H3,(H,15,16). The molecule has 6 heteroatoms. The van der Waals surface area contributed by atoms with E-state index in [9.17, 15) is 4.79 Å². The molecule has 1 aliphatic rings. The molecule has 0 saturated carbocycles. The predicted molar refractivity (Wildman–Crippen MR) is 60.9 cm³/mol. The van der Waals surface area contributed by atoms with E-state index in [4.69, 9.17) is 15.6 Å². The summed E-state index contributed by atoms with van der Waals surface area (Å²) in [5.41, 5.74) is 6.92. The molecule has 2 heterocycles. The Balaban J connectivity index is 2.41. The first kappa shape index (κ1) is 12.1. The van der Waals surface area contributed by atoms with Crippen molar-refractivity contribution in [3.8, 4) is 0 Å². The zero-order chi connectivity index (χ0) is 12.4. The molecule has 1 aromatic heterocycles. The number of carbonyl (C=O) groups is 1. The van der Waals surface area contributed by atoms with Gasteiger partial charge >= 0.3 is 5.97 Å². The Hall–Kier alpha value is -1.40. The maximum Gasteiger partial charge on any atom is 0.356 e. The highest BCUT2D eigenvalue weighted by Gasteiger charge is 2.27. The van der Waals surface area contributed by atoms with Gasteiger partial charge in [0.25, 0.3) is 0 Å². The van der Waals surface area contributed by atoms with Crippen LogP contribution in [0.1, 0.15) is 41.0 Å². The van der Waals surface area contributed by atoms with Gasteiger partial charge in [-0.25, -0.2) is 9.78 Å². The molecule has 1 aliphatic heterocycles. The first-order chi connectivity index (χ1) is 8.15. The molecular weight excluding hydrogens is 222 g/mol. The molecule has 0 amide bonds. The number of fused-ring (bicyclic) bond motifs is 1. The van der Waals surface area contributed by atoms with E-state index in [2.05, 4.69) is 4.98 Å². The van der Waals surface area contributed by atoms with Crippen LogP contribution >= 0.6 is 0 Å². The Labute approximate surface area is 99.4 Å². The van der Waals surface area contributed by atoms with Gasteiger partial charge in [0.1, 0.15) is 5.82 Å². The number of rotatable bonds is 4. The van der Waals surface area contributed by atoms with E-state index in [1.807, 2.05) is 4.57 Å². The molecule has 94 valence electrons. The van der Waals surface area contributed by atoms with Crippen molar-refractivity contribution >= 4 is 5.97 Å². The molecule has 0 radical (unpaired) electrons. The Bertz CT molecular complexity index is 428. The summed E-state index contributed by atoms with van der Waals surface area (Å²) in [6.45, 7) is 0.516. The fourth-order valence-electron chi connectivity index (χ4n) is 2.30. The normalized spacial score (nSPS) is 19.1. The van der Waals surface area contributed by atoms with Crippen LogP contribution in [0.25, 0.3) is 0 Å². The Morgan fingerprint density at radius 2 is 2.47 bits per heavy atom. The van der Waals surface area contributed by atoms with Crippen LogP contribution in [0.3, 0.4) is 0 Å². The molecule has 0 aromatic carbocycles. The lowest BCUT2D eigenvalue weighted by Gasteiger charge is -2.24. The average molecular weight is 239 g/mol. The molecule has 0 saturated heterocycles. The number of aromatic carboxylic acids is 1. The van der Waals surface area contributed by atoms with Crippen molar-refractivity contribution in [2.45, 2.75) is 31.8 Å². The zero-order valence-corrected chi connectivity index (χ0v) is 9.85. The summed E-state index contributed by atoms with van der Waals surface area (Å²) in [6, 6.07) is 0. The fraction of sp³-hybridized carbons (Fsp3) is 0.636. The van der Waals surface area contributed by atoms with E-state index in [1.165, 1.54) is 0 Å². The van der Waals surface area contributed by atoms with Crippen molar-refractivity contribution in [2.24, 2.45) is 5.73 Å². The van der Waals surface area contributed by atoms with Crippen LogP contribution in [0.15, 0.2) is 0 Å². The first-order valence-electron chi connectivity index (χ1n) is 5.73. The maximum absolute atomic E-state index is 11.1. The van der Waals surface area contributed by atoms with Crippen molar-refractivity contribution in [1.29, 1.82) is 0 Å². The topological polar surface area (TPSA) is 90.4 Å². The predicted octanol–water partition coefficient (Wildman–Crippen LogP) is 0.564. The molecule has 0 aliphatic carbocycles. The number of carboxylic acids is 1. The second-order valence-electron chi connectivity index (χ2n) is 4.20.